The van der Waals surface area contributed by atoms with Gasteiger partial charge in [0, 0.05) is 11.4 Å². The van der Waals surface area contributed by atoms with Crippen molar-refractivity contribution in [3.63, 3.8) is 0 Å². The van der Waals surface area contributed by atoms with E-state index in [-0.39, 0.29) is 5.75 Å². The number of quaternary nitrogens is 1. The number of ether oxygens (including phenoxy) is 1. The van der Waals surface area contributed by atoms with E-state index in [1.807, 2.05) is 30.3 Å². The molecular formula is C21H29N3O3S. The van der Waals surface area contributed by atoms with Gasteiger partial charge in [-0.2, -0.15) is 0 Å². The number of hydrogen-bond acceptors (Lipinski definition) is 4. The van der Waals surface area contributed by atoms with Crippen LogP contribution in [0.5, 0.6) is 5.75 Å². The van der Waals surface area contributed by atoms with Crippen LogP contribution in [-0.2, 0) is 16.4 Å². The largest absolute Gasteiger partial charge is 0.544 e. The number of rotatable bonds is 9. The maximum Gasteiger partial charge on any atom is 0.118 e. The Balaban J connectivity index is 1.36. The summed E-state index contributed by atoms with van der Waals surface area (Å²) in [5.74, 6) is 0.822. The van der Waals surface area contributed by atoms with E-state index in [0.717, 1.165) is 44.0 Å². The molecule has 3 rings (SSSR count). The summed E-state index contributed by atoms with van der Waals surface area (Å²) in [5, 5.41) is 0. The minimum absolute atomic E-state index is 0.0520. The smallest absolute Gasteiger partial charge is 0.118 e. The van der Waals surface area contributed by atoms with Gasteiger partial charge in [0.1, 0.15) is 5.75 Å². The van der Waals surface area contributed by atoms with Crippen molar-refractivity contribution in [1.29, 1.82) is 0 Å². The van der Waals surface area contributed by atoms with Gasteiger partial charge in [0.15, 0.2) is 0 Å². The van der Waals surface area contributed by atoms with Gasteiger partial charge in [0.25, 0.3) is 0 Å². The number of nitrogens with one attached hydrogen (secondary N) is 1. The van der Waals surface area contributed by atoms with Crippen molar-refractivity contribution < 1.29 is 18.1 Å². The number of benzene rings is 2. The molecule has 0 unspecified atom stereocenters. The Labute approximate surface area is 168 Å². The quantitative estimate of drug-likeness (QED) is 0.686. The Hall–Kier alpha value is -2.09. The monoisotopic (exact) mass is 403 g/mol. The van der Waals surface area contributed by atoms with Gasteiger partial charge in [0.2, 0.25) is 0 Å². The van der Waals surface area contributed by atoms with Crippen molar-refractivity contribution >= 4 is 15.7 Å². The van der Waals surface area contributed by atoms with Gasteiger partial charge in [-0.05, 0) is 36.2 Å². The Kier molecular flexibility index (Phi) is 7.30. The molecule has 7 heteroatoms. The van der Waals surface area contributed by atoms with Crippen LogP contribution in [0.2, 0.25) is 0 Å². The molecule has 1 N–H and O–H groups in total. The minimum atomic E-state index is -3.38. The fourth-order valence-electron chi connectivity index (χ4n) is 3.42. The van der Waals surface area contributed by atoms with Crippen molar-refractivity contribution in [3.8, 4) is 5.75 Å². The second-order valence-electron chi connectivity index (χ2n) is 7.06. The van der Waals surface area contributed by atoms with Crippen molar-refractivity contribution in [2.45, 2.75) is 6.42 Å². The molecule has 0 bridgehead atoms. The molecular weight excluding hydrogens is 374 g/mol. The highest BCUT2D eigenvalue weighted by atomic mass is 32.2. The standard InChI is InChI=1S/C21H28N3O3S/c1-27-21-9-7-19(8-10-21)11-18-28(25,26)22-12-13-23-14-16-24(17-15-23)20-5-3-2-4-6-20/h2-10H,11-18H2,1H3/q-1/p+1. The van der Waals surface area contributed by atoms with Gasteiger partial charge in [-0.25, -0.2) is 8.42 Å². The van der Waals surface area contributed by atoms with E-state index in [0.29, 0.717) is 13.0 Å². The molecule has 1 heterocycles. The lowest BCUT2D eigenvalue weighted by Crippen LogP contribution is -3.15. The first-order chi connectivity index (χ1) is 13.6. The SMILES string of the molecule is COc1ccc(CCS(=O)(=O)[N-]CC[NH+]2CCN(c3ccccc3)CC2)cc1. The summed E-state index contributed by atoms with van der Waals surface area (Å²) in [6.07, 6.45) is 0.471. The molecule has 152 valence electrons. The zero-order valence-electron chi connectivity index (χ0n) is 16.4. The lowest BCUT2D eigenvalue weighted by atomic mass is 10.2. The van der Waals surface area contributed by atoms with Gasteiger partial charge >= 0.3 is 0 Å². The van der Waals surface area contributed by atoms with Crippen molar-refractivity contribution in [3.05, 3.63) is 64.9 Å². The predicted molar refractivity (Wildman–Crippen MR) is 113 cm³/mol. The average Bonchev–Trinajstić information content (AvgIpc) is 2.74. The van der Waals surface area contributed by atoms with E-state index >= 15 is 0 Å². The van der Waals surface area contributed by atoms with Gasteiger partial charge in [0.05, 0.1) is 49.9 Å². The second kappa shape index (κ2) is 9.91. The number of hydrogen-bond donors (Lipinski definition) is 1. The zero-order valence-corrected chi connectivity index (χ0v) is 17.2. The third-order valence-electron chi connectivity index (χ3n) is 5.15. The highest BCUT2D eigenvalue weighted by Crippen LogP contribution is 2.14. The summed E-state index contributed by atoms with van der Waals surface area (Å²) >= 11 is 0. The number of para-hydroxylation sites is 1. The van der Waals surface area contributed by atoms with Gasteiger partial charge in [-0.1, -0.05) is 36.9 Å². The molecule has 1 fully saturated rings. The van der Waals surface area contributed by atoms with Crippen molar-refractivity contribution in [2.75, 3.05) is 57.0 Å². The molecule has 0 radical (unpaired) electrons. The third kappa shape index (κ3) is 6.22. The molecule has 28 heavy (non-hydrogen) atoms. The van der Waals surface area contributed by atoms with Crippen LogP contribution in [0.4, 0.5) is 5.69 Å². The molecule has 0 atom stereocenters. The normalized spacial score (nSPS) is 15.5. The Morgan fingerprint density at radius 3 is 2.36 bits per heavy atom. The summed E-state index contributed by atoms with van der Waals surface area (Å²) in [7, 11) is -1.77. The minimum Gasteiger partial charge on any atom is -0.544 e. The average molecular weight is 404 g/mol. The number of nitrogens with zero attached hydrogens (tertiary/aromatic N) is 2. The fourth-order valence-corrected chi connectivity index (χ4v) is 4.41. The van der Waals surface area contributed by atoms with Crippen LogP contribution in [0, 0.1) is 0 Å². The maximum atomic E-state index is 12.2. The van der Waals surface area contributed by atoms with Crippen LogP contribution < -0.4 is 14.5 Å². The van der Waals surface area contributed by atoms with Crippen LogP contribution in [-0.4, -0.2) is 60.5 Å². The van der Waals surface area contributed by atoms with E-state index in [9.17, 15) is 8.42 Å². The van der Waals surface area contributed by atoms with Crippen LogP contribution in [0.15, 0.2) is 54.6 Å². The first-order valence-electron chi connectivity index (χ1n) is 9.74. The van der Waals surface area contributed by atoms with Crippen LogP contribution in [0.25, 0.3) is 4.72 Å². The first kappa shape index (κ1) is 20.6. The fraction of sp³-hybridized carbons (Fsp3) is 0.429. The van der Waals surface area contributed by atoms with Crippen LogP contribution >= 0.6 is 0 Å². The summed E-state index contributed by atoms with van der Waals surface area (Å²) < 4.78 is 33.5. The Morgan fingerprint density at radius 2 is 1.71 bits per heavy atom. The highest BCUT2D eigenvalue weighted by Gasteiger charge is 2.18. The lowest BCUT2D eigenvalue weighted by molar-refractivity contribution is -0.898. The highest BCUT2D eigenvalue weighted by molar-refractivity contribution is 7.93. The number of anilines is 1. The molecule has 0 saturated carbocycles. The first-order valence-corrected chi connectivity index (χ1v) is 11.3. The van der Waals surface area contributed by atoms with E-state index in [1.165, 1.54) is 10.6 Å². The van der Waals surface area contributed by atoms with Crippen molar-refractivity contribution in [1.82, 2.24) is 0 Å². The lowest BCUT2D eigenvalue weighted by Gasteiger charge is -2.35. The molecule has 2 aromatic carbocycles. The molecule has 1 aliphatic rings. The molecule has 2 aromatic rings. The van der Waals surface area contributed by atoms with E-state index in [4.69, 9.17) is 4.74 Å². The molecule has 0 aliphatic carbocycles. The summed E-state index contributed by atoms with van der Waals surface area (Å²) in [6, 6.07) is 17.9. The number of sulfonamides is 1. The Morgan fingerprint density at radius 1 is 1.04 bits per heavy atom. The maximum absolute atomic E-state index is 12.2. The summed E-state index contributed by atoms with van der Waals surface area (Å²) in [4.78, 5) is 3.80. The molecule has 6 nitrogen and oxygen atoms in total. The number of aryl methyl sites for hydroxylation is 1. The molecule has 0 spiro atoms. The van der Waals surface area contributed by atoms with E-state index < -0.39 is 10.0 Å². The zero-order chi connectivity index (χ0) is 19.8. The predicted octanol–water partition coefficient (Wildman–Crippen LogP) is 1.35. The molecule has 0 amide bonds. The van der Waals surface area contributed by atoms with E-state index in [1.54, 1.807) is 7.11 Å². The van der Waals surface area contributed by atoms with Gasteiger partial charge in [-0.15, -0.1) is 0 Å². The molecule has 1 saturated heterocycles. The van der Waals surface area contributed by atoms with Gasteiger partial charge in [-0.3, -0.25) is 0 Å². The summed E-state index contributed by atoms with van der Waals surface area (Å²) in [6.45, 7) is 5.13. The summed E-state index contributed by atoms with van der Waals surface area (Å²) in [5.41, 5.74) is 2.23. The molecule has 0 aromatic heterocycles. The number of methoxy groups -OCH3 is 1. The molecule has 1 aliphatic heterocycles. The van der Waals surface area contributed by atoms with Gasteiger partial charge < -0.3 is 19.3 Å². The third-order valence-corrected chi connectivity index (χ3v) is 6.45. The van der Waals surface area contributed by atoms with Crippen LogP contribution in [0.3, 0.4) is 0 Å². The van der Waals surface area contributed by atoms with Crippen LogP contribution in [0.1, 0.15) is 5.56 Å². The number of piperazine rings is 1. The Bertz CT molecular complexity index is 818. The topological polar surface area (TPSA) is 65.2 Å². The second-order valence-corrected chi connectivity index (χ2v) is 8.89. The van der Waals surface area contributed by atoms with Crippen molar-refractivity contribution in [2.24, 2.45) is 0 Å². The van der Waals surface area contributed by atoms with E-state index in [2.05, 4.69) is 33.9 Å².